The number of hydrogen-bond acceptors (Lipinski definition) is 4. The molecule has 22 heavy (non-hydrogen) atoms. The summed E-state index contributed by atoms with van der Waals surface area (Å²) in [4.78, 5) is 22.6. The lowest BCUT2D eigenvalue weighted by atomic mass is 10.2. The Hall–Kier alpha value is -1.98. The first kappa shape index (κ1) is 14.9. The van der Waals surface area contributed by atoms with Gasteiger partial charge in [-0.1, -0.05) is 11.6 Å². The lowest BCUT2D eigenvalue weighted by Crippen LogP contribution is -2.38. The molecule has 1 unspecified atom stereocenters. The van der Waals surface area contributed by atoms with Crippen LogP contribution in [0.25, 0.3) is 0 Å². The minimum atomic E-state index is -0.168. The molecule has 0 bridgehead atoms. The topological polar surface area (TPSA) is 55.3 Å². The van der Waals surface area contributed by atoms with Crippen LogP contribution in [0.5, 0.6) is 0 Å². The molecule has 0 radical (unpaired) electrons. The Kier molecular flexibility index (Phi) is 4.65. The second kappa shape index (κ2) is 6.85. The van der Waals surface area contributed by atoms with Gasteiger partial charge in [-0.15, -0.1) is 0 Å². The number of ether oxygens (including phenoxy) is 1. The third-order valence-electron chi connectivity index (χ3n) is 3.58. The third kappa shape index (κ3) is 3.43. The van der Waals surface area contributed by atoms with Gasteiger partial charge in [0.15, 0.2) is 0 Å². The van der Waals surface area contributed by atoms with Crippen LogP contribution in [-0.4, -0.2) is 35.1 Å². The molecule has 1 atom stereocenters. The highest BCUT2D eigenvalue weighted by Crippen LogP contribution is 2.21. The van der Waals surface area contributed by atoms with Crippen LogP contribution in [0.15, 0.2) is 42.9 Å². The molecule has 0 saturated carbocycles. The second-order valence-corrected chi connectivity index (χ2v) is 5.55. The fourth-order valence-corrected chi connectivity index (χ4v) is 2.57. The number of rotatable bonds is 4. The summed E-state index contributed by atoms with van der Waals surface area (Å²) in [6.45, 7) is 1.26. The van der Waals surface area contributed by atoms with E-state index in [9.17, 15) is 4.79 Å². The molecule has 0 aliphatic carbocycles. The average Bonchev–Trinajstić information content (AvgIpc) is 3.07. The summed E-state index contributed by atoms with van der Waals surface area (Å²) in [5, 5.41) is 0.506. The van der Waals surface area contributed by atoms with Crippen LogP contribution in [0.4, 0.5) is 5.69 Å². The van der Waals surface area contributed by atoms with Gasteiger partial charge >= 0.3 is 0 Å². The first-order chi connectivity index (χ1) is 10.7. The Morgan fingerprint density at radius 2 is 2.14 bits per heavy atom. The van der Waals surface area contributed by atoms with E-state index in [1.807, 2.05) is 12.1 Å². The molecule has 1 fully saturated rings. The second-order valence-electron chi connectivity index (χ2n) is 5.12. The van der Waals surface area contributed by atoms with Crippen molar-refractivity contribution in [3.8, 4) is 0 Å². The van der Waals surface area contributed by atoms with Gasteiger partial charge < -0.3 is 9.64 Å². The highest BCUT2D eigenvalue weighted by atomic mass is 35.5. The van der Waals surface area contributed by atoms with Crippen LogP contribution < -0.4 is 4.90 Å². The molecule has 6 heteroatoms. The van der Waals surface area contributed by atoms with E-state index in [1.165, 1.54) is 6.20 Å². The fraction of sp³-hybridized carbons (Fsp3) is 0.312. The predicted molar refractivity (Wildman–Crippen MR) is 84.1 cm³/mol. The molecule has 0 N–H and O–H groups in total. The minimum absolute atomic E-state index is 0.0596. The first-order valence-electron chi connectivity index (χ1n) is 7.19. The average molecular weight is 318 g/mol. The molecular weight excluding hydrogens is 302 g/mol. The zero-order valence-electron chi connectivity index (χ0n) is 12.0. The van der Waals surface area contributed by atoms with Crippen molar-refractivity contribution >= 4 is 23.2 Å². The summed E-state index contributed by atoms with van der Waals surface area (Å²) in [6.07, 6.45) is 6.86. The Bertz CT molecular complexity index is 628. The Balaban J connectivity index is 1.86. The maximum absolute atomic E-state index is 12.8. The summed E-state index contributed by atoms with van der Waals surface area (Å²) < 4.78 is 5.66. The molecule has 114 valence electrons. The normalized spacial score (nSPS) is 17.4. The summed E-state index contributed by atoms with van der Waals surface area (Å²) in [5.41, 5.74) is 1.14. The van der Waals surface area contributed by atoms with Gasteiger partial charge in [0.2, 0.25) is 0 Å². The van der Waals surface area contributed by atoms with Crippen molar-refractivity contribution in [2.75, 3.05) is 18.1 Å². The van der Waals surface area contributed by atoms with Crippen molar-refractivity contribution in [1.29, 1.82) is 0 Å². The lowest BCUT2D eigenvalue weighted by Gasteiger charge is -2.25. The van der Waals surface area contributed by atoms with E-state index in [2.05, 4.69) is 9.97 Å². The van der Waals surface area contributed by atoms with Gasteiger partial charge in [-0.3, -0.25) is 9.78 Å². The number of carbonyl (C=O) groups excluding carboxylic acids is 1. The van der Waals surface area contributed by atoms with Crippen molar-refractivity contribution < 1.29 is 9.53 Å². The maximum atomic E-state index is 12.8. The van der Waals surface area contributed by atoms with E-state index in [1.54, 1.807) is 29.4 Å². The van der Waals surface area contributed by atoms with E-state index in [0.29, 0.717) is 17.3 Å². The lowest BCUT2D eigenvalue weighted by molar-refractivity contribution is 0.0913. The molecule has 0 spiro atoms. The van der Waals surface area contributed by atoms with Gasteiger partial charge in [-0.05, 0) is 37.1 Å². The van der Waals surface area contributed by atoms with Crippen LogP contribution in [0.2, 0.25) is 5.02 Å². The number of hydrogen-bond donors (Lipinski definition) is 0. The molecule has 1 saturated heterocycles. The predicted octanol–water partition coefficient (Wildman–Crippen LogP) is 2.96. The molecule has 3 rings (SSSR count). The zero-order chi connectivity index (χ0) is 15.4. The summed E-state index contributed by atoms with van der Waals surface area (Å²) in [5.74, 6) is -0.168. The van der Waals surface area contributed by atoms with E-state index in [0.717, 1.165) is 25.1 Å². The number of aromatic nitrogens is 2. The molecule has 1 amide bonds. The smallest absolute Gasteiger partial charge is 0.276 e. The SMILES string of the molecule is O=C(c1ccc(Cl)cn1)N(CC1CCCO1)c1ccncc1. The molecule has 1 aliphatic rings. The van der Waals surface area contributed by atoms with Gasteiger partial charge in [0.05, 0.1) is 17.7 Å². The number of amides is 1. The van der Waals surface area contributed by atoms with Crippen LogP contribution in [0.1, 0.15) is 23.3 Å². The highest BCUT2D eigenvalue weighted by Gasteiger charge is 2.25. The van der Waals surface area contributed by atoms with E-state index >= 15 is 0 Å². The number of carbonyl (C=O) groups is 1. The van der Waals surface area contributed by atoms with Crippen LogP contribution in [-0.2, 0) is 4.74 Å². The van der Waals surface area contributed by atoms with Crippen molar-refractivity contribution in [2.45, 2.75) is 18.9 Å². The molecule has 2 aromatic heterocycles. The molecule has 2 aromatic rings. The monoisotopic (exact) mass is 317 g/mol. The third-order valence-corrected chi connectivity index (χ3v) is 3.80. The molecular formula is C16H16ClN3O2. The quantitative estimate of drug-likeness (QED) is 0.870. The van der Waals surface area contributed by atoms with Crippen molar-refractivity contribution in [3.63, 3.8) is 0 Å². The molecule has 3 heterocycles. The van der Waals surface area contributed by atoms with Gasteiger partial charge in [-0.2, -0.15) is 0 Å². The number of pyridine rings is 2. The highest BCUT2D eigenvalue weighted by molar-refractivity contribution is 6.30. The van der Waals surface area contributed by atoms with Crippen molar-refractivity contribution in [1.82, 2.24) is 9.97 Å². The standard InChI is InChI=1S/C16H16ClN3O2/c17-12-3-4-15(19-10-12)16(21)20(11-14-2-1-9-22-14)13-5-7-18-8-6-13/h3-8,10,14H,1-2,9,11H2. The van der Waals surface area contributed by atoms with E-state index < -0.39 is 0 Å². The number of anilines is 1. The van der Waals surface area contributed by atoms with Crippen LogP contribution >= 0.6 is 11.6 Å². The largest absolute Gasteiger partial charge is 0.376 e. The Morgan fingerprint density at radius 1 is 1.32 bits per heavy atom. The van der Waals surface area contributed by atoms with Crippen LogP contribution in [0.3, 0.4) is 0 Å². The maximum Gasteiger partial charge on any atom is 0.276 e. The van der Waals surface area contributed by atoms with E-state index in [4.69, 9.17) is 16.3 Å². The van der Waals surface area contributed by atoms with Crippen molar-refractivity contribution in [2.24, 2.45) is 0 Å². The number of halogens is 1. The Morgan fingerprint density at radius 3 is 2.77 bits per heavy atom. The fourth-order valence-electron chi connectivity index (χ4n) is 2.46. The molecule has 5 nitrogen and oxygen atoms in total. The van der Waals surface area contributed by atoms with Gasteiger partial charge in [0, 0.05) is 30.9 Å². The summed E-state index contributed by atoms with van der Waals surface area (Å²) in [7, 11) is 0. The van der Waals surface area contributed by atoms with Gasteiger partial charge in [0.25, 0.3) is 5.91 Å². The van der Waals surface area contributed by atoms with Gasteiger partial charge in [0.1, 0.15) is 5.69 Å². The molecule has 1 aliphatic heterocycles. The molecule has 0 aromatic carbocycles. The number of nitrogens with zero attached hydrogens (tertiary/aromatic N) is 3. The van der Waals surface area contributed by atoms with Gasteiger partial charge in [-0.25, -0.2) is 4.98 Å². The van der Waals surface area contributed by atoms with E-state index in [-0.39, 0.29) is 12.0 Å². The van der Waals surface area contributed by atoms with Crippen LogP contribution in [0, 0.1) is 0 Å². The summed E-state index contributed by atoms with van der Waals surface area (Å²) >= 11 is 5.83. The first-order valence-corrected chi connectivity index (χ1v) is 7.57. The zero-order valence-corrected chi connectivity index (χ0v) is 12.7. The summed E-state index contributed by atoms with van der Waals surface area (Å²) in [6, 6.07) is 6.92. The minimum Gasteiger partial charge on any atom is -0.376 e. The van der Waals surface area contributed by atoms with Crippen molar-refractivity contribution in [3.05, 3.63) is 53.6 Å². The Labute approximate surface area is 133 Å².